The molecular formula is C18H14O5. The monoisotopic (exact) mass is 310 g/mol. The normalized spacial score (nSPS) is 10.5. The Hall–Kier alpha value is -3.08. The Bertz CT molecular complexity index is 896. The van der Waals surface area contributed by atoms with Crippen LogP contribution in [0.5, 0.6) is 5.75 Å². The van der Waals surface area contributed by atoms with Crippen LogP contribution in [0.4, 0.5) is 4.79 Å². The summed E-state index contributed by atoms with van der Waals surface area (Å²) < 4.78 is 15.5. The highest BCUT2D eigenvalue weighted by Crippen LogP contribution is 2.24. The van der Waals surface area contributed by atoms with Crippen molar-refractivity contribution in [1.82, 2.24) is 0 Å². The van der Waals surface area contributed by atoms with Gasteiger partial charge in [0.1, 0.15) is 17.1 Å². The van der Waals surface area contributed by atoms with E-state index in [-0.39, 0.29) is 17.8 Å². The third-order valence-electron chi connectivity index (χ3n) is 3.22. The van der Waals surface area contributed by atoms with Gasteiger partial charge in [0.2, 0.25) is 0 Å². The summed E-state index contributed by atoms with van der Waals surface area (Å²) in [4.78, 5) is 23.6. The van der Waals surface area contributed by atoms with E-state index >= 15 is 0 Å². The van der Waals surface area contributed by atoms with E-state index < -0.39 is 6.16 Å². The molecule has 1 heterocycles. The van der Waals surface area contributed by atoms with Gasteiger partial charge in [-0.1, -0.05) is 30.3 Å². The number of carbonyl (C=O) groups is 1. The van der Waals surface area contributed by atoms with Gasteiger partial charge in [-0.05, 0) is 25.1 Å². The van der Waals surface area contributed by atoms with Crippen molar-refractivity contribution in [3.05, 3.63) is 64.8 Å². The number of carbonyl (C=O) groups excluding carboxylic acids is 1. The molecule has 0 unspecified atom stereocenters. The summed E-state index contributed by atoms with van der Waals surface area (Å²) in [5, 5.41) is 0.339. The van der Waals surface area contributed by atoms with Gasteiger partial charge in [0.05, 0.1) is 12.0 Å². The Labute approximate surface area is 132 Å². The fourth-order valence-corrected chi connectivity index (χ4v) is 2.19. The molecule has 0 atom stereocenters. The fraction of sp³-hybridized carbons (Fsp3) is 0.111. The second kappa shape index (κ2) is 6.36. The van der Waals surface area contributed by atoms with Crippen LogP contribution < -0.4 is 10.2 Å². The first-order valence-electron chi connectivity index (χ1n) is 7.15. The lowest BCUT2D eigenvalue weighted by Gasteiger charge is -2.06. The zero-order valence-corrected chi connectivity index (χ0v) is 12.4. The molecule has 0 aliphatic carbocycles. The Kier molecular flexibility index (Phi) is 4.10. The number of fused-ring (bicyclic) bond motifs is 1. The summed E-state index contributed by atoms with van der Waals surface area (Å²) in [6, 6.07) is 15.4. The molecule has 0 N–H and O–H groups in total. The van der Waals surface area contributed by atoms with Crippen LogP contribution in [0.3, 0.4) is 0 Å². The van der Waals surface area contributed by atoms with Crippen molar-refractivity contribution in [2.24, 2.45) is 0 Å². The van der Waals surface area contributed by atoms with Crippen LogP contribution in [0.15, 0.2) is 63.8 Å². The summed E-state index contributed by atoms with van der Waals surface area (Å²) in [5.41, 5.74) is 1.03. The van der Waals surface area contributed by atoms with Gasteiger partial charge in [0, 0.05) is 11.6 Å². The summed E-state index contributed by atoms with van der Waals surface area (Å²) in [5.74, 6) is 0.720. The predicted octanol–water partition coefficient (Wildman–Crippen LogP) is 4.00. The highest BCUT2D eigenvalue weighted by Gasteiger charge is 2.10. The quantitative estimate of drug-likeness (QED) is 0.540. The summed E-state index contributed by atoms with van der Waals surface area (Å²) in [6.07, 6.45) is -0.808. The molecule has 0 fully saturated rings. The molecule has 0 saturated carbocycles. The number of rotatable bonds is 3. The minimum absolute atomic E-state index is 0.209. The average Bonchev–Trinajstić information content (AvgIpc) is 2.56. The molecule has 23 heavy (non-hydrogen) atoms. The average molecular weight is 310 g/mol. The second-order valence-corrected chi connectivity index (χ2v) is 4.78. The van der Waals surface area contributed by atoms with Crippen molar-refractivity contribution >= 4 is 17.1 Å². The number of hydrogen-bond donors (Lipinski definition) is 0. The van der Waals surface area contributed by atoms with Crippen molar-refractivity contribution in [2.75, 3.05) is 6.61 Å². The van der Waals surface area contributed by atoms with Crippen molar-refractivity contribution in [3.63, 3.8) is 0 Å². The first-order chi connectivity index (χ1) is 11.2. The largest absolute Gasteiger partial charge is 0.513 e. The van der Waals surface area contributed by atoms with Gasteiger partial charge in [-0.3, -0.25) is 4.79 Å². The molecule has 0 amide bonds. The van der Waals surface area contributed by atoms with Gasteiger partial charge in [-0.25, -0.2) is 4.79 Å². The van der Waals surface area contributed by atoms with Crippen LogP contribution in [0.2, 0.25) is 0 Å². The van der Waals surface area contributed by atoms with Crippen molar-refractivity contribution in [1.29, 1.82) is 0 Å². The zero-order chi connectivity index (χ0) is 16.2. The first-order valence-corrected chi connectivity index (χ1v) is 7.15. The summed E-state index contributed by atoms with van der Waals surface area (Å²) in [6.45, 7) is 1.90. The molecule has 0 bridgehead atoms. The summed E-state index contributed by atoms with van der Waals surface area (Å²) >= 11 is 0. The third-order valence-corrected chi connectivity index (χ3v) is 3.22. The molecule has 2 aromatic carbocycles. The van der Waals surface area contributed by atoms with Crippen LogP contribution >= 0.6 is 0 Å². The highest BCUT2D eigenvalue weighted by atomic mass is 16.7. The van der Waals surface area contributed by atoms with Gasteiger partial charge < -0.3 is 13.9 Å². The highest BCUT2D eigenvalue weighted by molar-refractivity contribution is 5.81. The van der Waals surface area contributed by atoms with E-state index in [1.807, 2.05) is 30.3 Å². The predicted molar refractivity (Wildman–Crippen MR) is 85.6 cm³/mol. The van der Waals surface area contributed by atoms with Crippen molar-refractivity contribution < 1.29 is 18.7 Å². The Morgan fingerprint density at radius 3 is 2.61 bits per heavy atom. The fourth-order valence-electron chi connectivity index (χ4n) is 2.19. The molecule has 0 spiro atoms. The molecular weight excluding hydrogens is 296 g/mol. The molecule has 3 rings (SSSR count). The number of ether oxygens (including phenoxy) is 2. The van der Waals surface area contributed by atoms with Gasteiger partial charge in [0.15, 0.2) is 5.43 Å². The first kappa shape index (κ1) is 14.8. The standard InChI is InChI=1S/C18H14O5/c1-2-21-18(20)22-13-8-9-16-14(10-13)15(19)11-17(23-16)12-6-4-3-5-7-12/h3-11H,2H2,1H3. The van der Waals surface area contributed by atoms with Crippen molar-refractivity contribution in [3.8, 4) is 17.1 Å². The van der Waals surface area contributed by atoms with Gasteiger partial charge >= 0.3 is 6.16 Å². The topological polar surface area (TPSA) is 65.7 Å². The molecule has 0 radical (unpaired) electrons. The third kappa shape index (κ3) is 3.23. The van der Waals surface area contributed by atoms with Crippen LogP contribution in [0.1, 0.15) is 6.92 Å². The maximum absolute atomic E-state index is 12.3. The lowest BCUT2D eigenvalue weighted by atomic mass is 10.1. The molecule has 0 saturated heterocycles. The van der Waals surface area contributed by atoms with Crippen LogP contribution in [0.25, 0.3) is 22.3 Å². The van der Waals surface area contributed by atoms with E-state index in [0.29, 0.717) is 16.7 Å². The molecule has 0 aliphatic heterocycles. The molecule has 5 heteroatoms. The Balaban J connectivity index is 2.00. The van der Waals surface area contributed by atoms with E-state index in [9.17, 15) is 9.59 Å². The Morgan fingerprint density at radius 2 is 1.87 bits per heavy atom. The smallest absolute Gasteiger partial charge is 0.456 e. The maximum atomic E-state index is 12.3. The second-order valence-electron chi connectivity index (χ2n) is 4.78. The minimum Gasteiger partial charge on any atom is -0.456 e. The Morgan fingerprint density at radius 1 is 1.09 bits per heavy atom. The molecule has 5 nitrogen and oxygen atoms in total. The van der Waals surface area contributed by atoms with Crippen molar-refractivity contribution in [2.45, 2.75) is 6.92 Å². The molecule has 0 aliphatic rings. The van der Waals surface area contributed by atoms with Crippen LogP contribution in [-0.4, -0.2) is 12.8 Å². The van der Waals surface area contributed by atoms with Gasteiger partial charge in [0.25, 0.3) is 0 Å². The van der Waals surface area contributed by atoms with Gasteiger partial charge in [-0.2, -0.15) is 0 Å². The van der Waals surface area contributed by atoms with Crippen LogP contribution in [0, 0.1) is 0 Å². The lowest BCUT2D eigenvalue weighted by molar-refractivity contribution is 0.104. The molecule has 1 aromatic heterocycles. The van der Waals surface area contributed by atoms with Crippen LogP contribution in [-0.2, 0) is 4.74 Å². The van der Waals surface area contributed by atoms with Gasteiger partial charge in [-0.15, -0.1) is 0 Å². The van der Waals surface area contributed by atoms with E-state index in [0.717, 1.165) is 5.56 Å². The van der Waals surface area contributed by atoms with E-state index in [1.165, 1.54) is 12.1 Å². The molecule has 3 aromatic rings. The summed E-state index contributed by atoms with van der Waals surface area (Å²) in [7, 11) is 0. The molecule has 116 valence electrons. The lowest BCUT2D eigenvalue weighted by Crippen LogP contribution is -2.10. The van der Waals surface area contributed by atoms with E-state index in [1.54, 1.807) is 19.1 Å². The SMILES string of the molecule is CCOC(=O)Oc1ccc2oc(-c3ccccc3)cc(=O)c2c1. The maximum Gasteiger partial charge on any atom is 0.513 e. The number of benzene rings is 2. The minimum atomic E-state index is -0.808. The zero-order valence-electron chi connectivity index (χ0n) is 12.4. The number of hydrogen-bond acceptors (Lipinski definition) is 5. The van der Waals surface area contributed by atoms with E-state index in [4.69, 9.17) is 13.9 Å². The van der Waals surface area contributed by atoms with E-state index in [2.05, 4.69) is 0 Å².